The molecule has 0 aromatic heterocycles. The van der Waals surface area contributed by atoms with E-state index < -0.39 is 17.5 Å². The maximum atomic E-state index is 12.9. The summed E-state index contributed by atoms with van der Waals surface area (Å²) >= 11 is 0. The first-order chi connectivity index (χ1) is 14.4. The van der Waals surface area contributed by atoms with Crippen molar-refractivity contribution in [2.75, 3.05) is 21.3 Å². The summed E-state index contributed by atoms with van der Waals surface area (Å²) in [5.41, 5.74) is 0.549. The number of carbonyl (C=O) groups excluding carboxylic acids is 2. The average molecular weight is 411 g/mol. The highest BCUT2D eigenvalue weighted by Crippen LogP contribution is 2.33. The Balaban J connectivity index is 1.81. The van der Waals surface area contributed by atoms with Gasteiger partial charge in [-0.25, -0.2) is 4.79 Å². The third-order valence-electron chi connectivity index (χ3n) is 5.05. The summed E-state index contributed by atoms with van der Waals surface area (Å²) in [5, 5.41) is 7.72. The highest BCUT2D eigenvalue weighted by Gasteiger charge is 2.47. The second-order valence-electron chi connectivity index (χ2n) is 7.05. The van der Waals surface area contributed by atoms with Gasteiger partial charge in [0.05, 0.1) is 33.1 Å². The standard InChI is InChI=1S/C22H25N3O5/c1-22(11-10-15-8-6-5-7-9-15)20(26)25(21(27)24-22)23-14-17-18(29-3)12-16(28-2)13-19(17)30-4/h5-9,12-14H,10-11H2,1-4H3,(H,24,27)/b23-14-/t22-/m1/s1. The van der Waals surface area contributed by atoms with Gasteiger partial charge in [0.2, 0.25) is 0 Å². The molecular weight excluding hydrogens is 386 g/mol. The van der Waals surface area contributed by atoms with Gasteiger partial charge in [-0.15, -0.1) is 5.01 Å². The molecule has 8 nitrogen and oxygen atoms in total. The first kappa shape index (κ1) is 21.2. The Morgan fingerprint density at radius 1 is 1.03 bits per heavy atom. The lowest BCUT2D eigenvalue weighted by Crippen LogP contribution is -2.44. The second kappa shape index (κ2) is 8.86. The fourth-order valence-electron chi connectivity index (χ4n) is 3.26. The quantitative estimate of drug-likeness (QED) is 0.533. The third-order valence-corrected chi connectivity index (χ3v) is 5.05. The van der Waals surface area contributed by atoms with Crippen molar-refractivity contribution in [3.63, 3.8) is 0 Å². The maximum Gasteiger partial charge on any atom is 0.346 e. The number of nitrogens with one attached hydrogen (secondary N) is 1. The van der Waals surface area contributed by atoms with Crippen LogP contribution in [-0.2, 0) is 11.2 Å². The molecule has 0 aliphatic carbocycles. The van der Waals surface area contributed by atoms with Crippen molar-refractivity contribution >= 4 is 18.2 Å². The predicted molar refractivity (Wildman–Crippen MR) is 112 cm³/mol. The molecular formula is C22H25N3O5. The second-order valence-corrected chi connectivity index (χ2v) is 7.05. The van der Waals surface area contributed by atoms with E-state index in [1.807, 2.05) is 30.3 Å². The molecule has 2 aromatic rings. The van der Waals surface area contributed by atoms with Gasteiger partial charge < -0.3 is 19.5 Å². The number of hydrazone groups is 1. The SMILES string of the molecule is COc1cc(OC)c(/C=N\N2C(=O)N[C@](C)(CCc3ccccc3)C2=O)c(OC)c1. The first-order valence-electron chi connectivity index (χ1n) is 9.46. The fraction of sp³-hybridized carbons (Fsp3) is 0.318. The van der Waals surface area contributed by atoms with Gasteiger partial charge in [0, 0.05) is 12.1 Å². The van der Waals surface area contributed by atoms with Gasteiger partial charge in [-0.05, 0) is 25.3 Å². The van der Waals surface area contributed by atoms with Crippen LogP contribution in [-0.4, -0.2) is 50.0 Å². The molecule has 0 unspecified atom stereocenters. The number of amides is 3. The van der Waals surface area contributed by atoms with E-state index in [2.05, 4.69) is 10.4 Å². The molecule has 8 heteroatoms. The number of benzene rings is 2. The molecule has 1 atom stereocenters. The number of imide groups is 1. The van der Waals surface area contributed by atoms with E-state index in [1.54, 1.807) is 19.1 Å². The minimum absolute atomic E-state index is 0.411. The van der Waals surface area contributed by atoms with Crippen molar-refractivity contribution in [1.29, 1.82) is 0 Å². The monoisotopic (exact) mass is 411 g/mol. The Labute approximate surface area is 175 Å². The van der Waals surface area contributed by atoms with Crippen LogP contribution >= 0.6 is 0 Å². The van der Waals surface area contributed by atoms with Crippen molar-refractivity contribution in [3.8, 4) is 17.2 Å². The number of methoxy groups -OCH3 is 3. The Morgan fingerprint density at radius 3 is 2.23 bits per heavy atom. The van der Waals surface area contributed by atoms with Crippen LogP contribution < -0.4 is 19.5 Å². The molecule has 158 valence electrons. The molecule has 0 bridgehead atoms. The van der Waals surface area contributed by atoms with E-state index in [0.717, 1.165) is 10.6 Å². The Kier molecular flexibility index (Phi) is 6.25. The number of aryl methyl sites for hydroxylation is 1. The molecule has 30 heavy (non-hydrogen) atoms. The molecule has 1 heterocycles. The number of urea groups is 1. The van der Waals surface area contributed by atoms with Gasteiger partial charge in [-0.2, -0.15) is 5.10 Å². The number of hydrogen-bond acceptors (Lipinski definition) is 6. The van der Waals surface area contributed by atoms with Crippen molar-refractivity contribution in [2.45, 2.75) is 25.3 Å². The first-order valence-corrected chi connectivity index (χ1v) is 9.46. The van der Waals surface area contributed by atoms with Crippen molar-refractivity contribution in [3.05, 3.63) is 53.6 Å². The Morgan fingerprint density at radius 2 is 1.67 bits per heavy atom. The van der Waals surface area contributed by atoms with Crippen LogP contribution in [0.25, 0.3) is 0 Å². The van der Waals surface area contributed by atoms with Gasteiger partial charge in [-0.3, -0.25) is 4.79 Å². The maximum absolute atomic E-state index is 12.9. The van der Waals surface area contributed by atoms with Crippen LogP contribution in [0.5, 0.6) is 17.2 Å². The predicted octanol–water partition coefficient (Wildman–Crippen LogP) is 2.99. The lowest BCUT2D eigenvalue weighted by atomic mass is 9.93. The minimum atomic E-state index is -1.03. The Bertz CT molecular complexity index is 935. The van der Waals surface area contributed by atoms with E-state index in [1.165, 1.54) is 27.5 Å². The molecule has 1 saturated heterocycles. The van der Waals surface area contributed by atoms with Crippen LogP contribution in [0, 0.1) is 0 Å². The van der Waals surface area contributed by atoms with Crippen molar-refractivity contribution < 1.29 is 23.8 Å². The van der Waals surface area contributed by atoms with Gasteiger partial charge in [0.15, 0.2) is 0 Å². The third kappa shape index (κ3) is 4.22. The summed E-state index contributed by atoms with van der Waals surface area (Å²) in [6.45, 7) is 1.71. The van der Waals surface area contributed by atoms with Crippen LogP contribution in [0.1, 0.15) is 24.5 Å². The fourth-order valence-corrected chi connectivity index (χ4v) is 3.26. The van der Waals surface area contributed by atoms with Gasteiger partial charge in [0.25, 0.3) is 5.91 Å². The number of rotatable bonds is 8. The Hall–Kier alpha value is -3.55. The topological polar surface area (TPSA) is 89.5 Å². The van der Waals surface area contributed by atoms with E-state index in [9.17, 15) is 9.59 Å². The summed E-state index contributed by atoms with van der Waals surface area (Å²) in [7, 11) is 4.53. The molecule has 1 N–H and O–H groups in total. The largest absolute Gasteiger partial charge is 0.496 e. The molecule has 3 amide bonds. The van der Waals surface area contributed by atoms with E-state index in [4.69, 9.17) is 14.2 Å². The number of carbonyl (C=O) groups is 2. The summed E-state index contributed by atoms with van der Waals surface area (Å²) in [6.07, 6.45) is 2.49. The molecule has 0 radical (unpaired) electrons. The molecule has 3 rings (SSSR count). The van der Waals surface area contributed by atoms with Gasteiger partial charge >= 0.3 is 6.03 Å². The lowest BCUT2D eigenvalue weighted by molar-refractivity contribution is -0.130. The molecule has 2 aromatic carbocycles. The van der Waals surface area contributed by atoms with Gasteiger partial charge in [-0.1, -0.05) is 30.3 Å². The zero-order valence-electron chi connectivity index (χ0n) is 17.5. The number of hydrogen-bond donors (Lipinski definition) is 1. The van der Waals surface area contributed by atoms with Gasteiger partial charge in [0.1, 0.15) is 22.8 Å². The highest BCUT2D eigenvalue weighted by molar-refractivity contribution is 6.07. The van der Waals surface area contributed by atoms with Crippen LogP contribution in [0.2, 0.25) is 0 Å². The normalized spacial score (nSPS) is 18.6. The number of nitrogens with zero attached hydrogens (tertiary/aromatic N) is 2. The van der Waals surface area contributed by atoms with E-state index in [0.29, 0.717) is 35.7 Å². The van der Waals surface area contributed by atoms with Crippen LogP contribution in [0.4, 0.5) is 4.79 Å². The smallest absolute Gasteiger partial charge is 0.346 e. The van der Waals surface area contributed by atoms with Crippen molar-refractivity contribution in [2.24, 2.45) is 5.10 Å². The van der Waals surface area contributed by atoms with E-state index in [-0.39, 0.29) is 0 Å². The molecule has 1 aliphatic heterocycles. The van der Waals surface area contributed by atoms with Crippen LogP contribution in [0.3, 0.4) is 0 Å². The summed E-state index contributed by atoms with van der Waals surface area (Å²) < 4.78 is 16.0. The summed E-state index contributed by atoms with van der Waals surface area (Å²) in [6, 6.07) is 12.6. The zero-order chi connectivity index (χ0) is 21.7. The molecule has 1 fully saturated rings. The average Bonchev–Trinajstić information content (AvgIpc) is 2.99. The van der Waals surface area contributed by atoms with Crippen LogP contribution in [0.15, 0.2) is 47.6 Å². The van der Waals surface area contributed by atoms with E-state index >= 15 is 0 Å². The number of ether oxygens (including phenoxy) is 3. The molecule has 1 aliphatic rings. The minimum Gasteiger partial charge on any atom is -0.496 e. The molecule has 0 saturated carbocycles. The lowest BCUT2D eigenvalue weighted by Gasteiger charge is -2.20. The summed E-state index contributed by atoms with van der Waals surface area (Å²) in [4.78, 5) is 25.4. The highest BCUT2D eigenvalue weighted by atomic mass is 16.5. The zero-order valence-corrected chi connectivity index (χ0v) is 17.5. The van der Waals surface area contributed by atoms with Crippen molar-refractivity contribution in [1.82, 2.24) is 10.3 Å². The summed E-state index contributed by atoms with van der Waals surface area (Å²) in [5.74, 6) is 1.01. The molecule has 0 spiro atoms.